The van der Waals surface area contributed by atoms with Crippen LogP contribution in [-0.4, -0.2) is 15.4 Å². The van der Waals surface area contributed by atoms with Gasteiger partial charge in [0.05, 0.1) is 0 Å². The molecule has 0 spiro atoms. The molecule has 0 saturated heterocycles. The molecule has 3 aromatic rings. The molecule has 0 bridgehead atoms. The molecule has 0 fully saturated rings. The van der Waals surface area contributed by atoms with Crippen molar-refractivity contribution in [2.24, 2.45) is 0 Å². The van der Waals surface area contributed by atoms with Crippen LogP contribution >= 0.6 is 0 Å². The molecular formula is C13H11N3O2. The average Bonchev–Trinajstić information content (AvgIpc) is 2.98. The third-order valence-electron chi connectivity index (χ3n) is 2.65. The Bertz CT molecular complexity index is 685. The summed E-state index contributed by atoms with van der Waals surface area (Å²) in [5.41, 5.74) is 2.57. The number of hydrogen-bond acceptors (Lipinski definition) is 5. The first-order chi connectivity index (χ1) is 8.74. The summed E-state index contributed by atoms with van der Waals surface area (Å²) in [6, 6.07) is 9.61. The van der Waals surface area contributed by atoms with Crippen molar-refractivity contribution in [2.75, 3.05) is 0 Å². The Balaban J connectivity index is 2.02. The predicted molar refractivity (Wildman–Crippen MR) is 64.7 cm³/mol. The number of hydrogen-bond donors (Lipinski definition) is 0. The van der Waals surface area contributed by atoms with Gasteiger partial charge in [0.2, 0.25) is 5.89 Å². The number of aryl methyl sites for hydroxylation is 2. The maximum Gasteiger partial charge on any atom is 0.270 e. The van der Waals surface area contributed by atoms with E-state index in [4.69, 9.17) is 8.94 Å². The number of benzene rings is 1. The second-order valence-electron chi connectivity index (χ2n) is 4.05. The molecule has 2 aromatic heterocycles. The summed E-state index contributed by atoms with van der Waals surface area (Å²) in [5.74, 6) is 1.56. The zero-order chi connectivity index (χ0) is 12.5. The van der Waals surface area contributed by atoms with Crippen molar-refractivity contribution >= 4 is 0 Å². The van der Waals surface area contributed by atoms with Gasteiger partial charge in [-0.1, -0.05) is 23.4 Å². The Kier molecular flexibility index (Phi) is 2.44. The fourth-order valence-corrected chi connectivity index (χ4v) is 1.72. The van der Waals surface area contributed by atoms with E-state index in [0.717, 1.165) is 11.1 Å². The summed E-state index contributed by atoms with van der Waals surface area (Å²) in [4.78, 5) is 0. The van der Waals surface area contributed by atoms with Crippen molar-refractivity contribution < 1.29 is 8.94 Å². The van der Waals surface area contributed by atoms with E-state index in [2.05, 4.69) is 15.4 Å². The van der Waals surface area contributed by atoms with E-state index in [1.165, 1.54) is 0 Å². The summed E-state index contributed by atoms with van der Waals surface area (Å²) in [7, 11) is 0. The van der Waals surface area contributed by atoms with Gasteiger partial charge in [0.15, 0.2) is 5.69 Å². The molecule has 0 N–H and O–H groups in total. The molecule has 18 heavy (non-hydrogen) atoms. The first kappa shape index (κ1) is 10.7. The highest BCUT2D eigenvalue weighted by atomic mass is 16.5. The van der Waals surface area contributed by atoms with Gasteiger partial charge in [0.25, 0.3) is 5.89 Å². The summed E-state index contributed by atoms with van der Waals surface area (Å²) in [6.45, 7) is 3.81. The molecule has 0 unspecified atom stereocenters. The van der Waals surface area contributed by atoms with Gasteiger partial charge in [-0.2, -0.15) is 0 Å². The Morgan fingerprint density at radius 2 is 1.78 bits per heavy atom. The molecule has 3 rings (SSSR count). The van der Waals surface area contributed by atoms with E-state index in [1.54, 1.807) is 6.07 Å². The third kappa shape index (κ3) is 1.79. The van der Waals surface area contributed by atoms with Crippen LogP contribution < -0.4 is 0 Å². The van der Waals surface area contributed by atoms with Crippen LogP contribution in [0.25, 0.3) is 23.0 Å². The molecule has 5 heteroatoms. The van der Waals surface area contributed by atoms with Crippen LogP contribution in [-0.2, 0) is 0 Å². The van der Waals surface area contributed by atoms with E-state index in [1.807, 2.05) is 38.1 Å². The van der Waals surface area contributed by atoms with Crippen molar-refractivity contribution in [1.82, 2.24) is 15.4 Å². The van der Waals surface area contributed by atoms with Crippen LogP contribution in [0.2, 0.25) is 0 Å². The van der Waals surface area contributed by atoms with Crippen LogP contribution in [0.5, 0.6) is 0 Å². The monoisotopic (exact) mass is 241 g/mol. The van der Waals surface area contributed by atoms with Crippen molar-refractivity contribution in [3.63, 3.8) is 0 Å². The number of rotatable bonds is 2. The predicted octanol–water partition coefficient (Wildman–Crippen LogP) is 3.01. The minimum Gasteiger partial charge on any atom is -0.414 e. The van der Waals surface area contributed by atoms with Gasteiger partial charge in [-0.15, -0.1) is 10.2 Å². The van der Waals surface area contributed by atoms with Crippen LogP contribution in [0, 0.1) is 13.8 Å². The van der Waals surface area contributed by atoms with Gasteiger partial charge in [-0.25, -0.2) is 0 Å². The number of aromatic nitrogens is 3. The fourth-order valence-electron chi connectivity index (χ4n) is 1.72. The second kappa shape index (κ2) is 4.10. The van der Waals surface area contributed by atoms with Gasteiger partial charge in [-0.05, 0) is 25.5 Å². The van der Waals surface area contributed by atoms with Crippen molar-refractivity contribution in [1.29, 1.82) is 0 Å². The van der Waals surface area contributed by atoms with Crippen molar-refractivity contribution in [3.8, 4) is 23.0 Å². The van der Waals surface area contributed by atoms with Gasteiger partial charge < -0.3 is 8.94 Å². The molecule has 0 aliphatic heterocycles. The largest absolute Gasteiger partial charge is 0.414 e. The van der Waals surface area contributed by atoms with Crippen LogP contribution in [0.1, 0.15) is 11.3 Å². The first-order valence-electron chi connectivity index (χ1n) is 5.57. The highest BCUT2D eigenvalue weighted by Crippen LogP contribution is 2.25. The van der Waals surface area contributed by atoms with E-state index in [-0.39, 0.29) is 0 Å². The van der Waals surface area contributed by atoms with Crippen LogP contribution in [0.4, 0.5) is 0 Å². The molecule has 0 amide bonds. The van der Waals surface area contributed by atoms with Crippen molar-refractivity contribution in [3.05, 3.63) is 41.7 Å². The Labute approximate surface area is 103 Å². The Hall–Kier alpha value is -2.43. The fraction of sp³-hybridized carbons (Fsp3) is 0.154. The normalized spacial score (nSPS) is 10.8. The molecule has 0 saturated carbocycles. The maximum atomic E-state index is 5.61. The average molecular weight is 241 g/mol. The smallest absolute Gasteiger partial charge is 0.270 e. The highest BCUT2D eigenvalue weighted by Gasteiger charge is 2.14. The van der Waals surface area contributed by atoms with E-state index >= 15 is 0 Å². The van der Waals surface area contributed by atoms with Crippen LogP contribution in [0.15, 0.2) is 39.3 Å². The lowest BCUT2D eigenvalue weighted by Crippen LogP contribution is -1.81. The molecule has 1 aromatic carbocycles. The van der Waals surface area contributed by atoms with Gasteiger partial charge in [0.1, 0.15) is 5.76 Å². The Morgan fingerprint density at radius 3 is 2.50 bits per heavy atom. The highest BCUT2D eigenvalue weighted by molar-refractivity contribution is 5.59. The zero-order valence-corrected chi connectivity index (χ0v) is 10.0. The molecule has 90 valence electrons. The van der Waals surface area contributed by atoms with Gasteiger partial charge >= 0.3 is 0 Å². The van der Waals surface area contributed by atoms with E-state index in [9.17, 15) is 0 Å². The topological polar surface area (TPSA) is 65.0 Å². The third-order valence-corrected chi connectivity index (χ3v) is 2.65. The molecule has 2 heterocycles. The molecule has 0 radical (unpaired) electrons. The molecule has 0 aliphatic carbocycles. The summed E-state index contributed by atoms with van der Waals surface area (Å²) in [5, 5.41) is 11.9. The second-order valence-corrected chi connectivity index (χ2v) is 4.05. The summed E-state index contributed by atoms with van der Waals surface area (Å²) >= 11 is 0. The van der Waals surface area contributed by atoms with Crippen LogP contribution in [0.3, 0.4) is 0 Å². The van der Waals surface area contributed by atoms with E-state index in [0.29, 0.717) is 23.2 Å². The summed E-state index contributed by atoms with van der Waals surface area (Å²) in [6.07, 6.45) is 0. The lowest BCUT2D eigenvalue weighted by Gasteiger charge is -1.98. The van der Waals surface area contributed by atoms with E-state index < -0.39 is 0 Å². The van der Waals surface area contributed by atoms with Gasteiger partial charge in [0, 0.05) is 11.6 Å². The van der Waals surface area contributed by atoms with Gasteiger partial charge in [-0.3, -0.25) is 0 Å². The molecular weight excluding hydrogens is 230 g/mol. The first-order valence-corrected chi connectivity index (χ1v) is 5.57. The SMILES string of the molecule is Cc1cc(-c2nnc(-c3ccccc3C)o2)no1. The minimum absolute atomic E-state index is 0.366. The summed E-state index contributed by atoms with van der Waals surface area (Å²) < 4.78 is 10.6. The Morgan fingerprint density at radius 1 is 1.00 bits per heavy atom. The molecule has 5 nitrogen and oxygen atoms in total. The molecule has 0 aliphatic rings. The van der Waals surface area contributed by atoms with Crippen molar-refractivity contribution in [2.45, 2.75) is 13.8 Å². The minimum atomic E-state index is 0.366. The lowest BCUT2D eigenvalue weighted by atomic mass is 10.1. The quantitative estimate of drug-likeness (QED) is 0.690. The maximum absolute atomic E-state index is 5.61. The lowest BCUT2D eigenvalue weighted by molar-refractivity contribution is 0.397. The molecule has 0 atom stereocenters. The standard InChI is InChI=1S/C13H11N3O2/c1-8-5-3-4-6-10(8)12-14-15-13(17-12)11-7-9(2)18-16-11/h3-7H,1-2H3. The zero-order valence-electron chi connectivity index (χ0n) is 10.0. The number of nitrogens with zero attached hydrogens (tertiary/aromatic N) is 3.